The molecule has 0 heterocycles. The monoisotopic (exact) mass is 208 g/mol. The number of hydrogen-bond donors (Lipinski definition) is 2. The standard InChI is InChI=1S/C11H16N2O2/c1-3-10(11(12)13-14)15-9-6-4-5-8(2)7-9/h4-7,10,14H,3H2,1-2H3,(H2,12,13). The van der Waals surface area contributed by atoms with Gasteiger partial charge < -0.3 is 15.7 Å². The van der Waals surface area contributed by atoms with Crippen LogP contribution in [0.15, 0.2) is 29.4 Å². The van der Waals surface area contributed by atoms with E-state index in [1.807, 2.05) is 38.1 Å². The number of amidine groups is 1. The van der Waals surface area contributed by atoms with Crippen molar-refractivity contribution in [3.63, 3.8) is 0 Å². The molecule has 15 heavy (non-hydrogen) atoms. The first-order chi connectivity index (χ1) is 7.17. The van der Waals surface area contributed by atoms with Crippen molar-refractivity contribution in [2.45, 2.75) is 26.4 Å². The molecule has 0 fully saturated rings. The highest BCUT2D eigenvalue weighted by molar-refractivity contribution is 5.84. The van der Waals surface area contributed by atoms with E-state index in [1.54, 1.807) is 0 Å². The normalized spacial score (nSPS) is 13.6. The maximum absolute atomic E-state index is 8.55. The van der Waals surface area contributed by atoms with Crippen molar-refractivity contribution in [1.29, 1.82) is 0 Å². The molecule has 1 aromatic carbocycles. The average Bonchev–Trinajstić information content (AvgIpc) is 2.25. The third kappa shape index (κ3) is 3.16. The Bertz CT molecular complexity index is 350. The summed E-state index contributed by atoms with van der Waals surface area (Å²) in [6.07, 6.45) is 0.279. The summed E-state index contributed by atoms with van der Waals surface area (Å²) >= 11 is 0. The number of nitrogens with two attached hydrogens (primary N) is 1. The summed E-state index contributed by atoms with van der Waals surface area (Å²) < 4.78 is 5.58. The van der Waals surface area contributed by atoms with Gasteiger partial charge >= 0.3 is 0 Å². The van der Waals surface area contributed by atoms with Crippen LogP contribution >= 0.6 is 0 Å². The second kappa shape index (κ2) is 5.24. The van der Waals surface area contributed by atoms with Crippen molar-refractivity contribution in [2.24, 2.45) is 10.9 Å². The van der Waals surface area contributed by atoms with Gasteiger partial charge in [0.1, 0.15) is 5.75 Å². The fourth-order valence-corrected chi connectivity index (χ4v) is 1.27. The lowest BCUT2D eigenvalue weighted by atomic mass is 10.2. The quantitative estimate of drug-likeness (QED) is 0.343. The molecule has 4 heteroatoms. The fourth-order valence-electron chi connectivity index (χ4n) is 1.27. The van der Waals surface area contributed by atoms with Gasteiger partial charge in [0.15, 0.2) is 11.9 Å². The summed E-state index contributed by atoms with van der Waals surface area (Å²) in [7, 11) is 0. The molecule has 4 nitrogen and oxygen atoms in total. The minimum atomic E-state index is -0.378. The molecule has 0 bridgehead atoms. The van der Waals surface area contributed by atoms with Crippen LogP contribution in [-0.2, 0) is 0 Å². The lowest BCUT2D eigenvalue weighted by Gasteiger charge is -2.16. The number of benzene rings is 1. The van der Waals surface area contributed by atoms with Crippen molar-refractivity contribution in [1.82, 2.24) is 0 Å². The fraction of sp³-hybridized carbons (Fsp3) is 0.364. The molecule has 0 saturated carbocycles. The van der Waals surface area contributed by atoms with E-state index >= 15 is 0 Å². The highest BCUT2D eigenvalue weighted by atomic mass is 16.5. The topological polar surface area (TPSA) is 67.8 Å². The van der Waals surface area contributed by atoms with Crippen LogP contribution in [0.25, 0.3) is 0 Å². The molecule has 3 N–H and O–H groups in total. The van der Waals surface area contributed by atoms with E-state index in [-0.39, 0.29) is 11.9 Å². The van der Waals surface area contributed by atoms with E-state index in [9.17, 15) is 0 Å². The number of nitrogens with zero attached hydrogens (tertiary/aromatic N) is 1. The van der Waals surface area contributed by atoms with Gasteiger partial charge in [-0.3, -0.25) is 0 Å². The third-order valence-corrected chi connectivity index (χ3v) is 2.08. The van der Waals surface area contributed by atoms with Gasteiger partial charge in [-0.05, 0) is 31.0 Å². The third-order valence-electron chi connectivity index (χ3n) is 2.08. The van der Waals surface area contributed by atoms with Crippen molar-refractivity contribution < 1.29 is 9.94 Å². The molecule has 0 aromatic heterocycles. The van der Waals surface area contributed by atoms with Crippen molar-refractivity contribution >= 4 is 5.84 Å². The molecule has 1 unspecified atom stereocenters. The summed E-state index contributed by atoms with van der Waals surface area (Å²) in [4.78, 5) is 0. The summed E-state index contributed by atoms with van der Waals surface area (Å²) in [6, 6.07) is 7.65. The summed E-state index contributed by atoms with van der Waals surface area (Å²) in [5, 5.41) is 11.5. The minimum Gasteiger partial charge on any atom is -0.482 e. The Labute approximate surface area is 89.4 Å². The van der Waals surface area contributed by atoms with Crippen molar-refractivity contribution in [3.05, 3.63) is 29.8 Å². The van der Waals surface area contributed by atoms with E-state index in [2.05, 4.69) is 5.16 Å². The largest absolute Gasteiger partial charge is 0.482 e. The van der Waals surface area contributed by atoms with Crippen LogP contribution in [0.5, 0.6) is 5.75 Å². The highest BCUT2D eigenvalue weighted by Gasteiger charge is 2.13. The Morgan fingerprint density at radius 2 is 2.33 bits per heavy atom. The minimum absolute atomic E-state index is 0.0963. The number of oxime groups is 1. The van der Waals surface area contributed by atoms with E-state index in [0.29, 0.717) is 6.42 Å². The first-order valence-electron chi connectivity index (χ1n) is 4.88. The Morgan fingerprint density at radius 1 is 1.60 bits per heavy atom. The molecule has 0 aliphatic rings. The molecule has 1 aromatic rings. The summed E-state index contributed by atoms with van der Waals surface area (Å²) in [5.41, 5.74) is 6.60. The van der Waals surface area contributed by atoms with Crippen LogP contribution < -0.4 is 10.5 Å². The molecule has 0 aliphatic carbocycles. The molecule has 0 spiro atoms. The molecule has 0 radical (unpaired) electrons. The number of aryl methyl sites for hydroxylation is 1. The van der Waals surface area contributed by atoms with Gasteiger partial charge in [0.2, 0.25) is 0 Å². The zero-order valence-corrected chi connectivity index (χ0v) is 8.97. The van der Waals surface area contributed by atoms with Gasteiger partial charge in [0.05, 0.1) is 0 Å². The predicted octanol–water partition coefficient (Wildman–Crippen LogP) is 1.90. The number of hydrogen-bond acceptors (Lipinski definition) is 3. The molecular weight excluding hydrogens is 192 g/mol. The molecule has 0 saturated heterocycles. The molecule has 0 aliphatic heterocycles. The van der Waals surface area contributed by atoms with E-state index in [4.69, 9.17) is 15.7 Å². The van der Waals surface area contributed by atoms with Crippen molar-refractivity contribution in [2.75, 3.05) is 0 Å². The molecule has 82 valence electrons. The molecule has 0 amide bonds. The van der Waals surface area contributed by atoms with Gasteiger partial charge in [-0.2, -0.15) is 0 Å². The molecule has 1 rings (SSSR count). The van der Waals surface area contributed by atoms with Gasteiger partial charge in [-0.15, -0.1) is 0 Å². The number of rotatable bonds is 4. The van der Waals surface area contributed by atoms with Crippen molar-refractivity contribution in [3.8, 4) is 5.75 Å². The Balaban J connectivity index is 2.75. The van der Waals surface area contributed by atoms with Crippen LogP contribution in [0.4, 0.5) is 0 Å². The van der Waals surface area contributed by atoms with Gasteiger partial charge in [-0.25, -0.2) is 0 Å². The predicted molar refractivity (Wildman–Crippen MR) is 59.3 cm³/mol. The second-order valence-corrected chi connectivity index (χ2v) is 3.36. The summed E-state index contributed by atoms with van der Waals surface area (Å²) in [5.74, 6) is 0.826. The van der Waals surface area contributed by atoms with Crippen LogP contribution in [0, 0.1) is 6.92 Å². The Morgan fingerprint density at radius 3 is 2.87 bits per heavy atom. The zero-order chi connectivity index (χ0) is 11.3. The lowest BCUT2D eigenvalue weighted by Crippen LogP contribution is -2.33. The van der Waals surface area contributed by atoms with Gasteiger partial charge in [0, 0.05) is 0 Å². The first-order valence-corrected chi connectivity index (χ1v) is 4.88. The van der Waals surface area contributed by atoms with Crippen LogP contribution in [-0.4, -0.2) is 17.1 Å². The Kier molecular flexibility index (Phi) is 3.97. The second-order valence-electron chi connectivity index (χ2n) is 3.36. The van der Waals surface area contributed by atoms with Gasteiger partial charge in [-0.1, -0.05) is 24.2 Å². The van der Waals surface area contributed by atoms with E-state index in [1.165, 1.54) is 0 Å². The zero-order valence-electron chi connectivity index (χ0n) is 8.97. The van der Waals surface area contributed by atoms with E-state index < -0.39 is 0 Å². The van der Waals surface area contributed by atoms with Crippen LogP contribution in [0.2, 0.25) is 0 Å². The van der Waals surface area contributed by atoms with Gasteiger partial charge in [0.25, 0.3) is 0 Å². The van der Waals surface area contributed by atoms with Crippen LogP contribution in [0.1, 0.15) is 18.9 Å². The first kappa shape index (κ1) is 11.4. The molecular formula is C11H16N2O2. The smallest absolute Gasteiger partial charge is 0.180 e. The van der Waals surface area contributed by atoms with Crippen LogP contribution in [0.3, 0.4) is 0 Å². The average molecular weight is 208 g/mol. The molecule has 1 atom stereocenters. The Hall–Kier alpha value is -1.71. The summed E-state index contributed by atoms with van der Waals surface area (Å²) in [6.45, 7) is 3.90. The lowest BCUT2D eigenvalue weighted by molar-refractivity contribution is 0.246. The number of ether oxygens (including phenoxy) is 1. The maximum atomic E-state index is 8.55. The highest BCUT2D eigenvalue weighted by Crippen LogP contribution is 2.15. The van der Waals surface area contributed by atoms with E-state index in [0.717, 1.165) is 11.3 Å². The maximum Gasteiger partial charge on any atom is 0.180 e. The SMILES string of the molecule is CCC(Oc1cccc(C)c1)C(N)=NO.